The van der Waals surface area contributed by atoms with Crippen molar-refractivity contribution in [2.45, 2.75) is 0 Å². The number of nitrogens with one attached hydrogen (secondary N) is 1. The Kier molecular flexibility index (Phi) is 4.21. The van der Waals surface area contributed by atoms with Gasteiger partial charge in [0.2, 0.25) is 5.95 Å². The van der Waals surface area contributed by atoms with Crippen molar-refractivity contribution in [3.63, 3.8) is 0 Å². The maximum Gasteiger partial charge on any atom is 0.229 e. The Morgan fingerprint density at radius 2 is 1.81 bits per heavy atom. The van der Waals surface area contributed by atoms with Crippen molar-refractivity contribution in [2.24, 2.45) is 0 Å². The van der Waals surface area contributed by atoms with Gasteiger partial charge in [0.25, 0.3) is 0 Å². The normalized spacial score (nSPS) is 10.7. The SMILES string of the molecule is COc1ccc(-n2ncc3cnc(Nc4ccc(OC)c(N)c4)nc32)cc1. The van der Waals surface area contributed by atoms with Crippen molar-refractivity contribution in [3.05, 3.63) is 54.9 Å². The summed E-state index contributed by atoms with van der Waals surface area (Å²) in [6.45, 7) is 0. The summed E-state index contributed by atoms with van der Waals surface area (Å²) in [4.78, 5) is 8.94. The smallest absolute Gasteiger partial charge is 0.229 e. The lowest BCUT2D eigenvalue weighted by molar-refractivity contribution is 0.414. The number of rotatable bonds is 5. The second kappa shape index (κ2) is 6.83. The molecule has 8 nitrogen and oxygen atoms in total. The highest BCUT2D eigenvalue weighted by Gasteiger charge is 2.10. The van der Waals surface area contributed by atoms with Crippen LogP contribution in [-0.2, 0) is 0 Å². The average molecular weight is 362 g/mol. The maximum atomic E-state index is 5.95. The van der Waals surface area contributed by atoms with Crippen LogP contribution in [0.25, 0.3) is 16.7 Å². The zero-order valence-corrected chi connectivity index (χ0v) is 14.9. The molecule has 0 unspecified atom stereocenters. The molecule has 0 amide bonds. The molecule has 0 saturated heterocycles. The van der Waals surface area contributed by atoms with Crippen LogP contribution in [0.1, 0.15) is 0 Å². The van der Waals surface area contributed by atoms with Gasteiger partial charge in [0.1, 0.15) is 11.5 Å². The Balaban J connectivity index is 1.68. The summed E-state index contributed by atoms with van der Waals surface area (Å²) in [5, 5.41) is 8.41. The van der Waals surface area contributed by atoms with Gasteiger partial charge in [-0.2, -0.15) is 10.1 Å². The van der Waals surface area contributed by atoms with Gasteiger partial charge in [-0.25, -0.2) is 9.67 Å². The van der Waals surface area contributed by atoms with E-state index >= 15 is 0 Å². The number of aromatic nitrogens is 4. The Labute approximate surface area is 155 Å². The summed E-state index contributed by atoms with van der Waals surface area (Å²) in [5.74, 6) is 1.85. The summed E-state index contributed by atoms with van der Waals surface area (Å²) in [6, 6.07) is 13.0. The van der Waals surface area contributed by atoms with Crippen molar-refractivity contribution in [1.82, 2.24) is 19.7 Å². The van der Waals surface area contributed by atoms with E-state index in [1.165, 1.54) is 0 Å². The van der Waals surface area contributed by atoms with Gasteiger partial charge in [0, 0.05) is 11.9 Å². The van der Waals surface area contributed by atoms with Crippen LogP contribution in [0.3, 0.4) is 0 Å². The van der Waals surface area contributed by atoms with Crippen molar-refractivity contribution in [1.29, 1.82) is 0 Å². The van der Waals surface area contributed by atoms with E-state index in [0.29, 0.717) is 23.0 Å². The number of anilines is 3. The summed E-state index contributed by atoms with van der Waals surface area (Å²) in [6.07, 6.45) is 3.46. The monoisotopic (exact) mass is 362 g/mol. The molecule has 0 radical (unpaired) electrons. The minimum Gasteiger partial charge on any atom is -0.497 e. The Morgan fingerprint density at radius 3 is 2.52 bits per heavy atom. The molecule has 2 heterocycles. The minimum absolute atomic E-state index is 0.447. The number of fused-ring (bicyclic) bond motifs is 1. The average Bonchev–Trinajstić information content (AvgIpc) is 3.11. The molecule has 0 atom stereocenters. The van der Waals surface area contributed by atoms with Crippen LogP contribution in [0.15, 0.2) is 54.9 Å². The minimum atomic E-state index is 0.447. The first kappa shape index (κ1) is 16.6. The fourth-order valence-corrected chi connectivity index (χ4v) is 2.73. The van der Waals surface area contributed by atoms with E-state index in [9.17, 15) is 0 Å². The van der Waals surface area contributed by atoms with E-state index < -0.39 is 0 Å². The number of nitrogens with two attached hydrogens (primary N) is 1. The molecule has 3 N–H and O–H groups in total. The van der Waals surface area contributed by atoms with Gasteiger partial charge in [-0.15, -0.1) is 0 Å². The summed E-state index contributed by atoms with van der Waals surface area (Å²) < 4.78 is 12.1. The quantitative estimate of drug-likeness (QED) is 0.526. The van der Waals surface area contributed by atoms with Gasteiger partial charge in [-0.1, -0.05) is 0 Å². The number of nitrogens with zero attached hydrogens (tertiary/aromatic N) is 4. The summed E-state index contributed by atoms with van der Waals surface area (Å²) >= 11 is 0. The first-order valence-corrected chi connectivity index (χ1v) is 8.23. The van der Waals surface area contributed by atoms with Crippen LogP contribution < -0.4 is 20.5 Å². The van der Waals surface area contributed by atoms with E-state index in [1.807, 2.05) is 30.3 Å². The lowest BCUT2D eigenvalue weighted by atomic mass is 10.2. The number of nitrogen functional groups attached to an aromatic ring is 1. The topological polar surface area (TPSA) is 100 Å². The summed E-state index contributed by atoms with van der Waals surface area (Å²) in [7, 11) is 3.21. The molecule has 8 heteroatoms. The van der Waals surface area contributed by atoms with Crippen LogP contribution in [0.2, 0.25) is 0 Å². The third-order valence-corrected chi connectivity index (χ3v) is 4.11. The highest BCUT2D eigenvalue weighted by molar-refractivity contribution is 5.77. The Morgan fingerprint density at radius 1 is 1.00 bits per heavy atom. The molecular formula is C19H18N6O2. The summed E-state index contributed by atoms with van der Waals surface area (Å²) in [5.41, 5.74) is 8.83. The zero-order chi connectivity index (χ0) is 18.8. The predicted octanol–water partition coefficient (Wildman–Crippen LogP) is 3.16. The lowest BCUT2D eigenvalue weighted by Crippen LogP contribution is -2.02. The van der Waals surface area contributed by atoms with E-state index in [-0.39, 0.29) is 0 Å². The molecule has 2 aromatic carbocycles. The van der Waals surface area contributed by atoms with Gasteiger partial charge in [0.05, 0.1) is 37.2 Å². The van der Waals surface area contributed by atoms with Gasteiger partial charge in [-0.3, -0.25) is 0 Å². The first-order valence-electron chi connectivity index (χ1n) is 8.23. The van der Waals surface area contributed by atoms with Crippen molar-refractivity contribution >= 4 is 28.4 Å². The largest absolute Gasteiger partial charge is 0.497 e. The van der Waals surface area contributed by atoms with Gasteiger partial charge in [0.15, 0.2) is 5.65 Å². The lowest BCUT2D eigenvalue weighted by Gasteiger charge is -2.09. The van der Waals surface area contributed by atoms with Crippen molar-refractivity contribution in [2.75, 3.05) is 25.3 Å². The molecule has 27 heavy (non-hydrogen) atoms. The molecular weight excluding hydrogens is 344 g/mol. The van der Waals surface area contributed by atoms with E-state index in [1.54, 1.807) is 43.4 Å². The van der Waals surface area contributed by atoms with Gasteiger partial charge >= 0.3 is 0 Å². The highest BCUT2D eigenvalue weighted by atomic mass is 16.5. The van der Waals surface area contributed by atoms with Crippen LogP contribution in [0.5, 0.6) is 11.5 Å². The fraction of sp³-hybridized carbons (Fsp3) is 0.105. The third kappa shape index (κ3) is 3.20. The number of hydrogen-bond donors (Lipinski definition) is 2. The predicted molar refractivity (Wildman–Crippen MR) is 104 cm³/mol. The van der Waals surface area contributed by atoms with Crippen molar-refractivity contribution in [3.8, 4) is 17.2 Å². The molecule has 0 spiro atoms. The van der Waals surface area contributed by atoms with E-state index in [0.717, 1.165) is 22.5 Å². The van der Waals surface area contributed by atoms with Crippen LogP contribution in [-0.4, -0.2) is 34.0 Å². The van der Waals surface area contributed by atoms with Crippen LogP contribution in [0, 0.1) is 0 Å². The first-order chi connectivity index (χ1) is 13.2. The molecule has 4 rings (SSSR count). The molecule has 0 aliphatic heterocycles. The molecule has 0 fully saturated rings. The molecule has 0 aliphatic rings. The van der Waals surface area contributed by atoms with Crippen molar-refractivity contribution < 1.29 is 9.47 Å². The maximum absolute atomic E-state index is 5.95. The van der Waals surface area contributed by atoms with E-state index in [4.69, 9.17) is 15.2 Å². The number of hydrogen-bond acceptors (Lipinski definition) is 7. The standard InChI is InChI=1S/C19H18N6O2/c1-26-15-6-4-14(5-7-15)25-18-12(11-22-25)10-21-19(24-18)23-13-3-8-17(27-2)16(20)9-13/h3-11H,20H2,1-2H3,(H,21,23,24). The van der Waals surface area contributed by atoms with Crippen LogP contribution in [0.4, 0.5) is 17.3 Å². The zero-order valence-electron chi connectivity index (χ0n) is 14.9. The molecule has 0 saturated carbocycles. The Bertz CT molecular complexity index is 1090. The second-order valence-corrected chi connectivity index (χ2v) is 5.81. The fourth-order valence-electron chi connectivity index (χ4n) is 2.73. The van der Waals surface area contributed by atoms with Gasteiger partial charge < -0.3 is 20.5 Å². The van der Waals surface area contributed by atoms with Gasteiger partial charge in [-0.05, 0) is 42.5 Å². The molecule has 4 aromatic rings. The Hall–Kier alpha value is -3.81. The van der Waals surface area contributed by atoms with E-state index in [2.05, 4.69) is 20.4 Å². The second-order valence-electron chi connectivity index (χ2n) is 5.81. The number of benzene rings is 2. The van der Waals surface area contributed by atoms with Crippen LogP contribution >= 0.6 is 0 Å². The molecule has 0 aliphatic carbocycles. The number of ether oxygens (including phenoxy) is 2. The molecule has 0 bridgehead atoms. The number of methoxy groups -OCH3 is 2. The molecule has 136 valence electrons. The highest BCUT2D eigenvalue weighted by Crippen LogP contribution is 2.26. The molecule has 2 aromatic heterocycles. The third-order valence-electron chi connectivity index (χ3n) is 4.11.